The Hall–Kier alpha value is -2.64. The summed E-state index contributed by atoms with van der Waals surface area (Å²) < 4.78 is 6.50. The van der Waals surface area contributed by atoms with E-state index in [0.29, 0.717) is 42.9 Å². The number of Topliss-reactive ketones (excluding diaryl/α,β-unsaturated/α-hetero) is 1. The number of hydrogen-bond donors (Lipinski definition) is 2. The zero-order chi connectivity index (χ0) is 21.7. The average Bonchev–Trinajstić information content (AvgIpc) is 2.99. The number of likely N-dealkylation sites (tertiary alicyclic amines) is 1. The van der Waals surface area contributed by atoms with Gasteiger partial charge in [0.25, 0.3) is 11.7 Å². The highest BCUT2D eigenvalue weighted by Crippen LogP contribution is 2.40. The van der Waals surface area contributed by atoms with Gasteiger partial charge >= 0.3 is 0 Å². The number of carbonyl (C=O) groups excluding carboxylic acids is 2. The first kappa shape index (κ1) is 22.1. The molecule has 30 heavy (non-hydrogen) atoms. The van der Waals surface area contributed by atoms with Crippen molar-refractivity contribution in [3.8, 4) is 5.75 Å². The van der Waals surface area contributed by atoms with Crippen LogP contribution in [-0.4, -0.2) is 46.6 Å². The second-order valence-corrected chi connectivity index (χ2v) is 7.91. The Kier molecular flexibility index (Phi) is 7.29. The third kappa shape index (κ3) is 4.57. The Morgan fingerprint density at radius 3 is 2.57 bits per heavy atom. The lowest BCUT2D eigenvalue weighted by atomic mass is 9.95. The van der Waals surface area contributed by atoms with Crippen LogP contribution in [0.4, 0.5) is 0 Å². The van der Waals surface area contributed by atoms with Gasteiger partial charge in [-0.05, 0) is 36.2 Å². The van der Waals surface area contributed by atoms with Crippen molar-refractivity contribution in [2.75, 3.05) is 19.8 Å². The Morgan fingerprint density at radius 1 is 1.17 bits per heavy atom. The standard InChI is InChI=1S/C23H24BrNO5/c1-2-11-25-20(16-5-3-6-18(14-16)30-13-4-12-26)19(22(28)23(25)29)21(27)15-7-9-17(24)10-8-15/h3,5-10,14,20,26-27H,2,4,11-13H2,1H3/b21-19-. The quantitative estimate of drug-likeness (QED) is 0.261. The Balaban J connectivity index is 2.08. The predicted octanol–water partition coefficient (Wildman–Crippen LogP) is 4.04. The molecule has 0 aliphatic carbocycles. The topological polar surface area (TPSA) is 87.1 Å². The minimum absolute atomic E-state index is 0.0313. The van der Waals surface area contributed by atoms with Crippen molar-refractivity contribution in [2.24, 2.45) is 0 Å². The summed E-state index contributed by atoms with van der Waals surface area (Å²) in [5.74, 6) is -0.935. The van der Waals surface area contributed by atoms with E-state index in [2.05, 4.69) is 15.9 Å². The van der Waals surface area contributed by atoms with E-state index in [4.69, 9.17) is 9.84 Å². The molecular formula is C23H24BrNO5. The van der Waals surface area contributed by atoms with Crippen molar-refractivity contribution in [1.29, 1.82) is 0 Å². The van der Waals surface area contributed by atoms with E-state index in [-0.39, 0.29) is 17.9 Å². The van der Waals surface area contributed by atoms with Gasteiger partial charge in [0.15, 0.2) is 0 Å². The zero-order valence-corrected chi connectivity index (χ0v) is 18.3. The van der Waals surface area contributed by atoms with Gasteiger partial charge in [-0.1, -0.05) is 47.1 Å². The fourth-order valence-electron chi connectivity index (χ4n) is 3.49. The molecule has 6 nitrogen and oxygen atoms in total. The zero-order valence-electron chi connectivity index (χ0n) is 16.7. The van der Waals surface area contributed by atoms with E-state index in [1.54, 1.807) is 42.5 Å². The summed E-state index contributed by atoms with van der Waals surface area (Å²) in [6, 6.07) is 13.4. The molecule has 3 rings (SSSR count). The number of halogens is 1. The van der Waals surface area contributed by atoms with Crippen molar-refractivity contribution in [2.45, 2.75) is 25.8 Å². The normalized spacial score (nSPS) is 18.1. The Labute approximate surface area is 183 Å². The Bertz CT molecular complexity index is 954. The lowest BCUT2D eigenvalue weighted by Gasteiger charge is -2.25. The van der Waals surface area contributed by atoms with Crippen LogP contribution in [0.3, 0.4) is 0 Å². The van der Waals surface area contributed by atoms with Gasteiger partial charge in [-0.15, -0.1) is 0 Å². The summed E-state index contributed by atoms with van der Waals surface area (Å²) in [4.78, 5) is 27.1. The fraction of sp³-hybridized carbons (Fsp3) is 0.304. The highest BCUT2D eigenvalue weighted by atomic mass is 79.9. The number of benzene rings is 2. The maximum atomic E-state index is 12.9. The number of ether oxygens (including phenoxy) is 1. The summed E-state index contributed by atoms with van der Waals surface area (Å²) in [7, 11) is 0. The molecule has 0 saturated carbocycles. The second-order valence-electron chi connectivity index (χ2n) is 7.00. The summed E-state index contributed by atoms with van der Waals surface area (Å²) >= 11 is 3.36. The number of ketones is 1. The van der Waals surface area contributed by atoms with Crippen LogP contribution in [-0.2, 0) is 9.59 Å². The molecule has 2 N–H and O–H groups in total. The van der Waals surface area contributed by atoms with Crippen LogP contribution in [0, 0.1) is 0 Å². The van der Waals surface area contributed by atoms with Gasteiger partial charge in [0.2, 0.25) is 0 Å². The summed E-state index contributed by atoms with van der Waals surface area (Å²) in [5.41, 5.74) is 1.22. The SMILES string of the molecule is CCCN1C(=O)C(=O)/C(=C(\O)c2ccc(Br)cc2)C1c1cccc(OCCCO)c1. The molecule has 1 aliphatic heterocycles. The Morgan fingerprint density at radius 2 is 1.90 bits per heavy atom. The lowest BCUT2D eigenvalue weighted by Crippen LogP contribution is -2.30. The molecule has 1 atom stereocenters. The number of nitrogens with zero attached hydrogens (tertiary/aromatic N) is 1. The number of hydrogen-bond acceptors (Lipinski definition) is 5. The maximum absolute atomic E-state index is 12.9. The minimum Gasteiger partial charge on any atom is -0.507 e. The number of carbonyl (C=O) groups is 2. The largest absolute Gasteiger partial charge is 0.507 e. The molecule has 1 amide bonds. The van der Waals surface area contributed by atoms with Crippen molar-refractivity contribution in [3.63, 3.8) is 0 Å². The van der Waals surface area contributed by atoms with Crippen LogP contribution in [0.5, 0.6) is 5.75 Å². The first-order valence-electron chi connectivity index (χ1n) is 9.86. The number of aliphatic hydroxyl groups is 2. The van der Waals surface area contributed by atoms with Gasteiger partial charge in [0, 0.05) is 29.6 Å². The second kappa shape index (κ2) is 9.91. The highest BCUT2D eigenvalue weighted by molar-refractivity contribution is 9.10. The molecule has 1 saturated heterocycles. The van der Waals surface area contributed by atoms with E-state index in [0.717, 1.165) is 4.47 Å². The van der Waals surface area contributed by atoms with Gasteiger partial charge in [-0.25, -0.2) is 0 Å². The molecule has 1 fully saturated rings. The summed E-state index contributed by atoms with van der Waals surface area (Å²) in [5, 5.41) is 19.9. The van der Waals surface area contributed by atoms with Crippen LogP contribution in [0.1, 0.15) is 36.9 Å². The molecule has 7 heteroatoms. The van der Waals surface area contributed by atoms with Crippen LogP contribution in [0.2, 0.25) is 0 Å². The molecule has 1 aliphatic rings. The molecule has 1 unspecified atom stereocenters. The molecule has 2 aromatic carbocycles. The van der Waals surface area contributed by atoms with Crippen molar-refractivity contribution in [1.82, 2.24) is 4.90 Å². The molecule has 0 aromatic heterocycles. The van der Waals surface area contributed by atoms with E-state index < -0.39 is 17.7 Å². The fourth-order valence-corrected chi connectivity index (χ4v) is 3.75. The first-order valence-corrected chi connectivity index (χ1v) is 10.6. The van der Waals surface area contributed by atoms with Crippen LogP contribution in [0.15, 0.2) is 58.6 Å². The first-order chi connectivity index (χ1) is 14.5. The summed E-state index contributed by atoms with van der Waals surface area (Å²) in [6.07, 6.45) is 1.18. The molecule has 2 aromatic rings. The van der Waals surface area contributed by atoms with E-state index in [1.807, 2.05) is 13.0 Å². The van der Waals surface area contributed by atoms with Gasteiger partial charge in [-0.2, -0.15) is 0 Å². The van der Waals surface area contributed by atoms with Crippen molar-refractivity contribution in [3.05, 3.63) is 69.7 Å². The van der Waals surface area contributed by atoms with Crippen LogP contribution >= 0.6 is 15.9 Å². The maximum Gasteiger partial charge on any atom is 0.295 e. The van der Waals surface area contributed by atoms with Crippen LogP contribution in [0.25, 0.3) is 5.76 Å². The average molecular weight is 474 g/mol. The third-order valence-electron chi connectivity index (χ3n) is 4.87. The molecular weight excluding hydrogens is 450 g/mol. The molecule has 0 bridgehead atoms. The number of amides is 1. The predicted molar refractivity (Wildman–Crippen MR) is 117 cm³/mol. The number of rotatable bonds is 8. The third-order valence-corrected chi connectivity index (χ3v) is 5.40. The molecule has 0 radical (unpaired) electrons. The highest BCUT2D eigenvalue weighted by Gasteiger charge is 2.45. The van der Waals surface area contributed by atoms with E-state index in [1.165, 1.54) is 4.90 Å². The van der Waals surface area contributed by atoms with Gasteiger partial charge in [0.05, 0.1) is 18.2 Å². The van der Waals surface area contributed by atoms with Gasteiger partial charge in [-0.3, -0.25) is 9.59 Å². The van der Waals surface area contributed by atoms with Crippen LogP contribution < -0.4 is 4.74 Å². The van der Waals surface area contributed by atoms with Gasteiger partial charge < -0.3 is 19.8 Å². The number of aliphatic hydroxyl groups excluding tert-OH is 2. The van der Waals surface area contributed by atoms with Crippen molar-refractivity contribution < 1.29 is 24.5 Å². The van der Waals surface area contributed by atoms with E-state index in [9.17, 15) is 14.7 Å². The molecule has 0 spiro atoms. The monoisotopic (exact) mass is 473 g/mol. The molecule has 1 heterocycles. The van der Waals surface area contributed by atoms with E-state index >= 15 is 0 Å². The lowest BCUT2D eigenvalue weighted by molar-refractivity contribution is -0.139. The summed E-state index contributed by atoms with van der Waals surface area (Å²) in [6.45, 7) is 2.71. The van der Waals surface area contributed by atoms with Crippen molar-refractivity contribution >= 4 is 33.4 Å². The van der Waals surface area contributed by atoms with Gasteiger partial charge in [0.1, 0.15) is 11.5 Å². The minimum atomic E-state index is -0.699. The smallest absolute Gasteiger partial charge is 0.295 e. The molecule has 158 valence electrons.